The standard InChI is InChI=1S/C13H15Cl/c1-10(9-14)8-11-2-4-12(5-3-11)13-6-7-13/h2-5,8,13H,6-7,9H2,1H3/b10-8-. The van der Waals surface area contributed by atoms with Crippen LogP contribution in [0.15, 0.2) is 29.8 Å². The molecule has 0 nitrogen and oxygen atoms in total. The normalized spacial score (nSPS) is 17.1. The molecule has 0 aromatic heterocycles. The summed E-state index contributed by atoms with van der Waals surface area (Å²) in [6.45, 7) is 2.06. The van der Waals surface area contributed by atoms with E-state index in [9.17, 15) is 0 Å². The summed E-state index contributed by atoms with van der Waals surface area (Å²) in [5.74, 6) is 1.46. The van der Waals surface area contributed by atoms with Gasteiger partial charge in [0, 0.05) is 5.88 Å². The minimum Gasteiger partial charge on any atom is -0.122 e. The number of hydrogen-bond donors (Lipinski definition) is 0. The molecule has 0 saturated heterocycles. The third-order valence-corrected chi connectivity index (χ3v) is 3.03. The Kier molecular flexibility index (Phi) is 2.93. The highest BCUT2D eigenvalue weighted by atomic mass is 35.5. The first-order chi connectivity index (χ1) is 6.79. The molecule has 2 rings (SSSR count). The molecule has 0 heterocycles. The molecule has 0 unspecified atom stereocenters. The second-order valence-electron chi connectivity index (χ2n) is 4.07. The lowest BCUT2D eigenvalue weighted by Gasteiger charge is -1.99. The summed E-state index contributed by atoms with van der Waals surface area (Å²) in [4.78, 5) is 0. The van der Waals surface area contributed by atoms with Crippen LogP contribution in [0.5, 0.6) is 0 Å². The first-order valence-corrected chi connectivity index (χ1v) is 5.66. The van der Waals surface area contributed by atoms with Gasteiger partial charge in [-0.25, -0.2) is 0 Å². The van der Waals surface area contributed by atoms with Crippen LogP contribution in [0.2, 0.25) is 0 Å². The van der Waals surface area contributed by atoms with E-state index in [1.807, 2.05) is 0 Å². The fraction of sp³-hybridized carbons (Fsp3) is 0.385. The smallest absolute Gasteiger partial charge is 0.0434 e. The largest absolute Gasteiger partial charge is 0.122 e. The third kappa shape index (κ3) is 2.39. The fourth-order valence-corrected chi connectivity index (χ4v) is 1.68. The summed E-state index contributed by atoms with van der Waals surface area (Å²) in [6.07, 6.45) is 4.88. The van der Waals surface area contributed by atoms with Gasteiger partial charge < -0.3 is 0 Å². The van der Waals surface area contributed by atoms with Crippen molar-refractivity contribution < 1.29 is 0 Å². The van der Waals surface area contributed by atoms with Crippen LogP contribution in [-0.2, 0) is 0 Å². The van der Waals surface area contributed by atoms with Crippen molar-refractivity contribution in [2.75, 3.05) is 5.88 Å². The van der Waals surface area contributed by atoms with Crippen molar-refractivity contribution >= 4 is 17.7 Å². The number of benzene rings is 1. The zero-order valence-electron chi connectivity index (χ0n) is 8.46. The SMILES string of the molecule is C/C(=C/c1ccc(C2CC2)cc1)CCl. The molecule has 1 saturated carbocycles. The van der Waals surface area contributed by atoms with Crippen LogP contribution in [0, 0.1) is 0 Å². The van der Waals surface area contributed by atoms with E-state index in [0.717, 1.165) is 5.92 Å². The number of allylic oxidation sites excluding steroid dienone is 1. The molecule has 74 valence electrons. The topological polar surface area (TPSA) is 0 Å². The van der Waals surface area contributed by atoms with Crippen LogP contribution in [0.3, 0.4) is 0 Å². The molecule has 0 aliphatic heterocycles. The Hall–Kier alpha value is -0.750. The predicted molar refractivity (Wildman–Crippen MR) is 62.8 cm³/mol. The Labute approximate surface area is 90.6 Å². The summed E-state index contributed by atoms with van der Waals surface area (Å²) in [5.41, 5.74) is 3.96. The fourth-order valence-electron chi connectivity index (χ4n) is 1.60. The second-order valence-corrected chi connectivity index (χ2v) is 4.33. The van der Waals surface area contributed by atoms with E-state index in [0.29, 0.717) is 5.88 Å². The van der Waals surface area contributed by atoms with Crippen molar-refractivity contribution in [2.45, 2.75) is 25.7 Å². The molecule has 1 aliphatic carbocycles. The summed E-state index contributed by atoms with van der Waals surface area (Å²) in [6, 6.07) is 8.85. The molecule has 0 radical (unpaired) electrons. The van der Waals surface area contributed by atoms with E-state index in [-0.39, 0.29) is 0 Å². The van der Waals surface area contributed by atoms with Gasteiger partial charge in [-0.1, -0.05) is 35.9 Å². The van der Waals surface area contributed by atoms with E-state index < -0.39 is 0 Å². The van der Waals surface area contributed by atoms with E-state index in [1.54, 1.807) is 0 Å². The Bertz CT molecular complexity index is 331. The Morgan fingerprint density at radius 1 is 1.36 bits per heavy atom. The molecule has 0 bridgehead atoms. The van der Waals surface area contributed by atoms with Gasteiger partial charge in [0.05, 0.1) is 0 Å². The quantitative estimate of drug-likeness (QED) is 0.650. The van der Waals surface area contributed by atoms with Gasteiger partial charge in [-0.3, -0.25) is 0 Å². The first kappa shape index (κ1) is 9.79. The lowest BCUT2D eigenvalue weighted by atomic mass is 10.1. The maximum atomic E-state index is 5.73. The minimum absolute atomic E-state index is 0.615. The van der Waals surface area contributed by atoms with Gasteiger partial charge in [-0.15, -0.1) is 11.6 Å². The van der Waals surface area contributed by atoms with Crippen molar-refractivity contribution in [1.82, 2.24) is 0 Å². The molecule has 1 aromatic rings. The molecule has 14 heavy (non-hydrogen) atoms. The Balaban J connectivity index is 2.13. The molecule has 1 aromatic carbocycles. The van der Waals surface area contributed by atoms with E-state index in [2.05, 4.69) is 37.3 Å². The highest BCUT2D eigenvalue weighted by Gasteiger charge is 2.22. The first-order valence-electron chi connectivity index (χ1n) is 5.12. The Morgan fingerprint density at radius 3 is 2.50 bits per heavy atom. The lowest BCUT2D eigenvalue weighted by molar-refractivity contribution is 1.13. The molecular weight excluding hydrogens is 192 g/mol. The average Bonchev–Trinajstić information content (AvgIpc) is 3.02. The number of halogens is 1. The lowest BCUT2D eigenvalue weighted by Crippen LogP contribution is -1.81. The summed E-state index contributed by atoms with van der Waals surface area (Å²) >= 11 is 5.73. The van der Waals surface area contributed by atoms with Crippen molar-refractivity contribution in [1.29, 1.82) is 0 Å². The maximum Gasteiger partial charge on any atom is 0.0434 e. The monoisotopic (exact) mass is 206 g/mol. The number of hydrogen-bond acceptors (Lipinski definition) is 0. The molecular formula is C13H15Cl. The van der Waals surface area contributed by atoms with Crippen LogP contribution in [0.25, 0.3) is 6.08 Å². The number of alkyl halides is 1. The van der Waals surface area contributed by atoms with Gasteiger partial charge in [-0.05, 0) is 36.8 Å². The van der Waals surface area contributed by atoms with Crippen molar-refractivity contribution in [3.05, 3.63) is 41.0 Å². The minimum atomic E-state index is 0.615. The van der Waals surface area contributed by atoms with Crippen molar-refractivity contribution in [3.8, 4) is 0 Å². The summed E-state index contributed by atoms with van der Waals surface area (Å²) in [7, 11) is 0. The van der Waals surface area contributed by atoms with Crippen molar-refractivity contribution in [2.24, 2.45) is 0 Å². The highest BCUT2D eigenvalue weighted by Crippen LogP contribution is 2.39. The molecule has 0 amide bonds. The van der Waals surface area contributed by atoms with E-state index in [1.165, 1.54) is 29.5 Å². The predicted octanol–water partition coefficient (Wildman–Crippen LogP) is 4.21. The summed E-state index contributed by atoms with van der Waals surface area (Å²) < 4.78 is 0. The molecule has 1 aliphatic rings. The Morgan fingerprint density at radius 2 is 2.00 bits per heavy atom. The summed E-state index contributed by atoms with van der Waals surface area (Å²) in [5, 5.41) is 0. The average molecular weight is 207 g/mol. The van der Waals surface area contributed by atoms with Crippen LogP contribution in [-0.4, -0.2) is 5.88 Å². The van der Waals surface area contributed by atoms with Gasteiger partial charge >= 0.3 is 0 Å². The number of rotatable bonds is 3. The molecule has 0 N–H and O–H groups in total. The second kappa shape index (κ2) is 4.18. The zero-order chi connectivity index (χ0) is 9.97. The van der Waals surface area contributed by atoms with Gasteiger partial charge in [-0.2, -0.15) is 0 Å². The van der Waals surface area contributed by atoms with Gasteiger partial charge in [0.15, 0.2) is 0 Å². The molecule has 1 fully saturated rings. The third-order valence-electron chi connectivity index (χ3n) is 2.61. The van der Waals surface area contributed by atoms with Crippen LogP contribution in [0.1, 0.15) is 36.8 Å². The maximum absolute atomic E-state index is 5.73. The van der Waals surface area contributed by atoms with Gasteiger partial charge in [0.25, 0.3) is 0 Å². The molecule has 0 spiro atoms. The van der Waals surface area contributed by atoms with Crippen LogP contribution < -0.4 is 0 Å². The zero-order valence-corrected chi connectivity index (χ0v) is 9.22. The van der Waals surface area contributed by atoms with Crippen LogP contribution >= 0.6 is 11.6 Å². The van der Waals surface area contributed by atoms with E-state index in [4.69, 9.17) is 11.6 Å². The molecule has 1 heteroatoms. The van der Waals surface area contributed by atoms with Gasteiger partial charge in [0.2, 0.25) is 0 Å². The molecule has 0 atom stereocenters. The van der Waals surface area contributed by atoms with E-state index >= 15 is 0 Å². The van der Waals surface area contributed by atoms with Gasteiger partial charge in [0.1, 0.15) is 0 Å². The van der Waals surface area contributed by atoms with Crippen LogP contribution in [0.4, 0.5) is 0 Å². The van der Waals surface area contributed by atoms with Crippen molar-refractivity contribution in [3.63, 3.8) is 0 Å². The highest BCUT2D eigenvalue weighted by molar-refractivity contribution is 6.19.